The van der Waals surface area contributed by atoms with E-state index in [9.17, 15) is 17.6 Å². The number of aromatic nitrogens is 1. The Bertz CT molecular complexity index is 981. The molecule has 0 saturated heterocycles. The Morgan fingerprint density at radius 2 is 1.85 bits per heavy atom. The molecule has 1 aromatic heterocycles. The number of alkyl halides is 3. The lowest BCUT2D eigenvalue weighted by atomic mass is 10.1. The molecule has 0 atom stereocenters. The van der Waals surface area contributed by atoms with Gasteiger partial charge in [-0.2, -0.15) is 13.2 Å². The number of fused-ring (bicyclic) bond motifs is 1. The van der Waals surface area contributed by atoms with Gasteiger partial charge in [-0.25, -0.2) is 4.39 Å². The van der Waals surface area contributed by atoms with Crippen molar-refractivity contribution in [3.63, 3.8) is 0 Å². The standard InChI is InChI=1S/C20H16F4N2/c1-26-17(11-15-5-2-3-7-19(15)26)13-25-10-4-6-14-8-9-16(12-18(14)21)20(22,23)24/h2-9,11-13H,10H2,1H3/b6-4+,25-13?. The van der Waals surface area contributed by atoms with Crippen molar-refractivity contribution in [2.45, 2.75) is 6.18 Å². The van der Waals surface area contributed by atoms with Crippen molar-refractivity contribution in [3.05, 3.63) is 77.2 Å². The number of hydrogen-bond acceptors (Lipinski definition) is 1. The number of benzene rings is 2. The van der Waals surface area contributed by atoms with E-state index >= 15 is 0 Å². The van der Waals surface area contributed by atoms with Gasteiger partial charge in [0.15, 0.2) is 0 Å². The van der Waals surface area contributed by atoms with Crippen LogP contribution in [0.25, 0.3) is 17.0 Å². The third kappa shape index (κ3) is 3.85. The summed E-state index contributed by atoms with van der Waals surface area (Å²) in [5, 5.41) is 1.11. The monoisotopic (exact) mass is 360 g/mol. The van der Waals surface area contributed by atoms with Gasteiger partial charge in [0.2, 0.25) is 0 Å². The molecule has 0 fully saturated rings. The molecular weight excluding hydrogens is 344 g/mol. The number of nitrogens with zero attached hydrogens (tertiary/aromatic N) is 2. The Kier molecular flexibility index (Phi) is 4.93. The zero-order valence-corrected chi connectivity index (χ0v) is 14.0. The lowest BCUT2D eigenvalue weighted by Crippen LogP contribution is -2.05. The lowest BCUT2D eigenvalue weighted by molar-refractivity contribution is -0.137. The van der Waals surface area contributed by atoms with Crippen LogP contribution in [0.5, 0.6) is 0 Å². The maximum atomic E-state index is 13.7. The van der Waals surface area contributed by atoms with Crippen LogP contribution in [0, 0.1) is 5.82 Å². The van der Waals surface area contributed by atoms with Crippen LogP contribution in [-0.2, 0) is 13.2 Å². The quantitative estimate of drug-likeness (QED) is 0.434. The first kappa shape index (κ1) is 17.9. The van der Waals surface area contributed by atoms with Crippen LogP contribution in [-0.4, -0.2) is 17.3 Å². The summed E-state index contributed by atoms with van der Waals surface area (Å²) in [6.45, 7) is 0.294. The number of halogens is 4. The molecular formula is C20H16F4N2. The average Bonchev–Trinajstić information content (AvgIpc) is 2.91. The first-order chi connectivity index (χ1) is 12.4. The minimum Gasteiger partial charge on any atom is -0.343 e. The third-order valence-electron chi connectivity index (χ3n) is 4.05. The smallest absolute Gasteiger partial charge is 0.343 e. The Labute approximate surface area is 148 Å². The number of para-hydroxylation sites is 1. The fourth-order valence-corrected chi connectivity index (χ4v) is 2.66. The van der Waals surface area contributed by atoms with Gasteiger partial charge in [-0.3, -0.25) is 4.99 Å². The van der Waals surface area contributed by atoms with E-state index in [0.717, 1.165) is 28.7 Å². The van der Waals surface area contributed by atoms with E-state index < -0.39 is 17.6 Å². The van der Waals surface area contributed by atoms with E-state index in [1.165, 1.54) is 6.08 Å². The highest BCUT2D eigenvalue weighted by atomic mass is 19.4. The lowest BCUT2D eigenvalue weighted by Gasteiger charge is -2.07. The van der Waals surface area contributed by atoms with Gasteiger partial charge < -0.3 is 4.57 Å². The SMILES string of the molecule is Cn1c(C=NC/C=C/c2ccc(C(F)(F)F)cc2F)cc2ccccc21. The van der Waals surface area contributed by atoms with E-state index in [0.29, 0.717) is 12.6 Å². The molecule has 0 N–H and O–H groups in total. The van der Waals surface area contributed by atoms with Gasteiger partial charge in [0.25, 0.3) is 0 Å². The highest BCUT2D eigenvalue weighted by molar-refractivity contribution is 5.90. The number of rotatable bonds is 4. The normalized spacial score (nSPS) is 12.7. The second-order valence-corrected chi connectivity index (χ2v) is 5.82. The fraction of sp³-hybridized carbons (Fsp3) is 0.150. The highest BCUT2D eigenvalue weighted by Gasteiger charge is 2.30. The highest BCUT2D eigenvalue weighted by Crippen LogP contribution is 2.30. The van der Waals surface area contributed by atoms with Gasteiger partial charge in [-0.05, 0) is 24.3 Å². The van der Waals surface area contributed by atoms with E-state index in [2.05, 4.69) is 4.99 Å². The van der Waals surface area contributed by atoms with Crippen LogP contribution in [0.15, 0.2) is 59.6 Å². The predicted octanol–water partition coefficient (Wildman–Crippen LogP) is 5.47. The van der Waals surface area contributed by atoms with Gasteiger partial charge in [-0.1, -0.05) is 36.4 Å². The molecule has 3 aromatic rings. The summed E-state index contributed by atoms with van der Waals surface area (Å²) in [5.41, 5.74) is 1.12. The molecule has 0 aliphatic heterocycles. The predicted molar refractivity (Wildman–Crippen MR) is 95.8 cm³/mol. The summed E-state index contributed by atoms with van der Waals surface area (Å²) in [7, 11) is 1.94. The molecule has 0 spiro atoms. The molecule has 2 nitrogen and oxygen atoms in total. The molecule has 0 saturated carbocycles. The molecule has 0 radical (unpaired) electrons. The largest absolute Gasteiger partial charge is 0.416 e. The van der Waals surface area contributed by atoms with Gasteiger partial charge in [-0.15, -0.1) is 0 Å². The van der Waals surface area contributed by atoms with Crippen LogP contribution in [0.1, 0.15) is 16.8 Å². The van der Waals surface area contributed by atoms with Gasteiger partial charge >= 0.3 is 6.18 Å². The van der Waals surface area contributed by atoms with Crippen molar-refractivity contribution in [2.24, 2.45) is 12.0 Å². The summed E-state index contributed by atoms with van der Waals surface area (Å²) in [6, 6.07) is 12.4. The Balaban J connectivity index is 1.67. The molecule has 6 heteroatoms. The molecule has 3 rings (SSSR count). The van der Waals surface area contributed by atoms with Crippen molar-refractivity contribution in [2.75, 3.05) is 6.54 Å². The molecule has 0 aliphatic carbocycles. The van der Waals surface area contributed by atoms with E-state index in [1.54, 1.807) is 12.3 Å². The van der Waals surface area contributed by atoms with Crippen molar-refractivity contribution in [1.82, 2.24) is 4.57 Å². The van der Waals surface area contributed by atoms with Crippen molar-refractivity contribution >= 4 is 23.2 Å². The van der Waals surface area contributed by atoms with E-state index in [4.69, 9.17) is 0 Å². The number of hydrogen-bond donors (Lipinski definition) is 0. The van der Waals surface area contributed by atoms with Gasteiger partial charge in [0, 0.05) is 29.7 Å². The topological polar surface area (TPSA) is 17.3 Å². The maximum Gasteiger partial charge on any atom is 0.416 e. The molecule has 26 heavy (non-hydrogen) atoms. The summed E-state index contributed by atoms with van der Waals surface area (Å²) in [4.78, 5) is 4.26. The molecule has 0 aliphatic rings. The third-order valence-corrected chi connectivity index (χ3v) is 4.05. The average molecular weight is 360 g/mol. The van der Waals surface area contributed by atoms with Crippen LogP contribution < -0.4 is 0 Å². The fourth-order valence-electron chi connectivity index (χ4n) is 2.66. The Morgan fingerprint density at radius 3 is 2.54 bits per heavy atom. The molecule has 0 bridgehead atoms. The van der Waals surface area contributed by atoms with E-state index in [-0.39, 0.29) is 5.56 Å². The van der Waals surface area contributed by atoms with Crippen molar-refractivity contribution < 1.29 is 17.6 Å². The second kappa shape index (κ2) is 7.15. The summed E-state index contributed by atoms with van der Waals surface area (Å²) >= 11 is 0. The van der Waals surface area contributed by atoms with Crippen LogP contribution in [0.2, 0.25) is 0 Å². The zero-order valence-electron chi connectivity index (χ0n) is 14.0. The van der Waals surface area contributed by atoms with Crippen LogP contribution >= 0.6 is 0 Å². The minimum absolute atomic E-state index is 0.0952. The zero-order chi connectivity index (χ0) is 18.7. The molecule has 0 unspecified atom stereocenters. The van der Waals surface area contributed by atoms with E-state index in [1.807, 2.05) is 41.9 Å². The molecule has 2 aromatic carbocycles. The molecule has 134 valence electrons. The summed E-state index contributed by atoms with van der Waals surface area (Å²) < 4.78 is 53.3. The van der Waals surface area contributed by atoms with Gasteiger partial charge in [0.05, 0.1) is 17.8 Å². The minimum atomic E-state index is -4.55. The maximum absolute atomic E-state index is 13.7. The summed E-state index contributed by atoms with van der Waals surface area (Å²) in [6.07, 6.45) is 0.193. The van der Waals surface area contributed by atoms with Crippen molar-refractivity contribution in [1.29, 1.82) is 0 Å². The molecule has 1 heterocycles. The first-order valence-electron chi connectivity index (χ1n) is 7.94. The Morgan fingerprint density at radius 1 is 1.08 bits per heavy atom. The van der Waals surface area contributed by atoms with Crippen molar-refractivity contribution in [3.8, 4) is 0 Å². The first-order valence-corrected chi connectivity index (χ1v) is 7.94. The Hall–Kier alpha value is -2.89. The number of aryl methyl sites for hydroxylation is 1. The van der Waals surface area contributed by atoms with Crippen LogP contribution in [0.4, 0.5) is 17.6 Å². The second-order valence-electron chi connectivity index (χ2n) is 5.82. The van der Waals surface area contributed by atoms with Crippen LogP contribution in [0.3, 0.4) is 0 Å². The van der Waals surface area contributed by atoms with Gasteiger partial charge in [0.1, 0.15) is 5.82 Å². The molecule has 0 amide bonds. The number of aliphatic imine (C=N–C) groups is 1. The summed E-state index contributed by atoms with van der Waals surface area (Å²) in [5.74, 6) is -0.909.